The molecule has 1 N–H and O–H groups in total. The maximum absolute atomic E-state index is 12.1. The average molecular weight is 334 g/mol. The number of hydrogen-bond donors (Lipinski definition) is 1. The number of nitrogens with one attached hydrogen (secondary N) is 1. The first-order valence-electron chi connectivity index (χ1n) is 7.20. The maximum Gasteiger partial charge on any atom is 0.230 e. The molecule has 0 aliphatic carbocycles. The van der Waals surface area contributed by atoms with Crippen LogP contribution in [0.15, 0.2) is 47.4 Å². The minimum absolute atomic E-state index is 0.0122. The van der Waals surface area contributed by atoms with Crippen LogP contribution in [0.25, 0.3) is 0 Å². The molecule has 116 valence electrons. The maximum atomic E-state index is 12.1. The Labute approximate surface area is 141 Å². The summed E-state index contributed by atoms with van der Waals surface area (Å²) in [6.45, 7) is 6.15. The van der Waals surface area contributed by atoms with E-state index >= 15 is 0 Å². The third-order valence-corrected chi connectivity index (χ3v) is 4.73. The van der Waals surface area contributed by atoms with Crippen molar-refractivity contribution in [3.05, 3.63) is 64.2 Å². The van der Waals surface area contributed by atoms with Gasteiger partial charge in [0.05, 0.1) is 11.8 Å². The first-order chi connectivity index (χ1) is 10.5. The lowest BCUT2D eigenvalue weighted by Crippen LogP contribution is -2.28. The summed E-state index contributed by atoms with van der Waals surface area (Å²) in [5.74, 6) is 0.435. The predicted molar refractivity (Wildman–Crippen MR) is 94.6 cm³/mol. The van der Waals surface area contributed by atoms with Gasteiger partial charge >= 0.3 is 0 Å². The average Bonchev–Trinajstić information content (AvgIpc) is 2.49. The van der Waals surface area contributed by atoms with Crippen LogP contribution in [0.5, 0.6) is 0 Å². The van der Waals surface area contributed by atoms with Gasteiger partial charge in [-0.3, -0.25) is 4.79 Å². The smallest absolute Gasteiger partial charge is 0.230 e. The summed E-state index contributed by atoms with van der Waals surface area (Å²) in [6.07, 6.45) is 0. The van der Waals surface area contributed by atoms with Crippen LogP contribution >= 0.6 is 23.4 Å². The summed E-state index contributed by atoms with van der Waals surface area (Å²) in [7, 11) is 0. The van der Waals surface area contributed by atoms with Gasteiger partial charge in [0.1, 0.15) is 0 Å². The first-order valence-corrected chi connectivity index (χ1v) is 8.57. The molecule has 2 aromatic rings. The third kappa shape index (κ3) is 4.79. The van der Waals surface area contributed by atoms with Gasteiger partial charge in [0.2, 0.25) is 5.91 Å². The summed E-state index contributed by atoms with van der Waals surface area (Å²) in [5, 5.41) is 3.77. The molecule has 0 bridgehead atoms. The fourth-order valence-electron chi connectivity index (χ4n) is 2.27. The van der Waals surface area contributed by atoms with Gasteiger partial charge in [0, 0.05) is 9.92 Å². The largest absolute Gasteiger partial charge is 0.349 e. The summed E-state index contributed by atoms with van der Waals surface area (Å²) in [6, 6.07) is 13.8. The van der Waals surface area contributed by atoms with Gasteiger partial charge < -0.3 is 5.32 Å². The van der Waals surface area contributed by atoms with Crippen LogP contribution in [0.4, 0.5) is 0 Å². The standard InChI is InChI=1S/C18H20ClNOS/c1-12-4-5-13(2)17(10-12)14(3)20-18(21)11-22-16-8-6-15(19)7-9-16/h4-10,14H,11H2,1-3H3,(H,20,21)/t14-/m0/s1. The molecule has 4 heteroatoms. The Morgan fingerprint density at radius 2 is 1.86 bits per heavy atom. The Bertz CT molecular complexity index is 655. The van der Waals surface area contributed by atoms with E-state index in [4.69, 9.17) is 11.6 Å². The monoisotopic (exact) mass is 333 g/mol. The minimum atomic E-state index is 0.0122. The van der Waals surface area contributed by atoms with Gasteiger partial charge in [-0.2, -0.15) is 0 Å². The number of aryl methyl sites for hydroxylation is 2. The molecule has 0 saturated heterocycles. The number of rotatable bonds is 5. The molecule has 0 radical (unpaired) electrons. The molecular formula is C18H20ClNOS. The van der Waals surface area contributed by atoms with E-state index in [1.807, 2.05) is 31.2 Å². The summed E-state index contributed by atoms with van der Waals surface area (Å²) < 4.78 is 0. The van der Waals surface area contributed by atoms with Crippen molar-refractivity contribution in [3.8, 4) is 0 Å². The van der Waals surface area contributed by atoms with E-state index in [9.17, 15) is 4.79 Å². The molecule has 0 aromatic heterocycles. The van der Waals surface area contributed by atoms with Crippen molar-refractivity contribution < 1.29 is 4.79 Å². The molecule has 0 unspecified atom stereocenters. The minimum Gasteiger partial charge on any atom is -0.349 e. The molecule has 2 aromatic carbocycles. The molecule has 2 nitrogen and oxygen atoms in total. The van der Waals surface area contributed by atoms with Gasteiger partial charge in [0.15, 0.2) is 0 Å². The molecule has 0 aliphatic heterocycles. The highest BCUT2D eigenvalue weighted by Gasteiger charge is 2.12. The number of amides is 1. The lowest BCUT2D eigenvalue weighted by Gasteiger charge is -2.17. The van der Waals surface area contributed by atoms with Crippen molar-refractivity contribution in [2.24, 2.45) is 0 Å². The zero-order chi connectivity index (χ0) is 16.1. The van der Waals surface area contributed by atoms with Crippen molar-refractivity contribution in [1.29, 1.82) is 0 Å². The highest BCUT2D eigenvalue weighted by atomic mass is 35.5. The normalized spacial score (nSPS) is 12.0. The Hall–Kier alpha value is -1.45. The Morgan fingerprint density at radius 1 is 1.18 bits per heavy atom. The molecular weight excluding hydrogens is 314 g/mol. The van der Waals surface area contributed by atoms with Gasteiger partial charge in [-0.15, -0.1) is 11.8 Å². The Morgan fingerprint density at radius 3 is 2.55 bits per heavy atom. The molecule has 0 heterocycles. The molecule has 0 aliphatic rings. The van der Waals surface area contributed by atoms with E-state index < -0.39 is 0 Å². The number of carbonyl (C=O) groups excluding carboxylic acids is 1. The Balaban J connectivity index is 1.91. The number of benzene rings is 2. The second-order valence-electron chi connectivity index (χ2n) is 5.39. The van der Waals surface area contributed by atoms with E-state index in [-0.39, 0.29) is 11.9 Å². The summed E-state index contributed by atoms with van der Waals surface area (Å²) in [4.78, 5) is 13.1. The second kappa shape index (κ2) is 7.70. The van der Waals surface area contributed by atoms with Crippen molar-refractivity contribution >= 4 is 29.3 Å². The van der Waals surface area contributed by atoms with Crippen LogP contribution in [-0.4, -0.2) is 11.7 Å². The molecule has 1 atom stereocenters. The fraction of sp³-hybridized carbons (Fsp3) is 0.278. The van der Waals surface area contributed by atoms with E-state index in [2.05, 4.69) is 37.4 Å². The van der Waals surface area contributed by atoms with E-state index in [0.717, 1.165) is 4.90 Å². The zero-order valence-corrected chi connectivity index (χ0v) is 14.6. The highest BCUT2D eigenvalue weighted by Crippen LogP contribution is 2.22. The van der Waals surface area contributed by atoms with Crippen molar-refractivity contribution in [2.75, 3.05) is 5.75 Å². The third-order valence-electron chi connectivity index (χ3n) is 3.46. The molecule has 0 saturated carbocycles. The SMILES string of the molecule is Cc1ccc(C)c([C@H](C)NC(=O)CSc2ccc(Cl)cc2)c1. The predicted octanol–water partition coefficient (Wildman–Crippen LogP) is 4.93. The molecule has 0 spiro atoms. The summed E-state index contributed by atoms with van der Waals surface area (Å²) >= 11 is 7.36. The van der Waals surface area contributed by atoms with Gasteiger partial charge in [-0.1, -0.05) is 35.4 Å². The van der Waals surface area contributed by atoms with Crippen molar-refractivity contribution in [2.45, 2.75) is 31.7 Å². The number of hydrogen-bond acceptors (Lipinski definition) is 2. The zero-order valence-electron chi connectivity index (χ0n) is 13.0. The van der Waals surface area contributed by atoms with Gasteiger partial charge in [-0.05, 0) is 56.2 Å². The number of carbonyl (C=O) groups is 1. The quantitative estimate of drug-likeness (QED) is 0.786. The Kier molecular flexibility index (Phi) is 5.92. The lowest BCUT2D eigenvalue weighted by molar-refractivity contribution is -0.119. The topological polar surface area (TPSA) is 29.1 Å². The van der Waals surface area contributed by atoms with Gasteiger partial charge in [0.25, 0.3) is 0 Å². The number of thioether (sulfide) groups is 1. The van der Waals surface area contributed by atoms with Crippen LogP contribution < -0.4 is 5.32 Å². The van der Waals surface area contributed by atoms with Crippen molar-refractivity contribution in [3.63, 3.8) is 0 Å². The van der Waals surface area contributed by atoms with Crippen molar-refractivity contribution in [1.82, 2.24) is 5.32 Å². The van der Waals surface area contributed by atoms with E-state index in [1.54, 1.807) is 0 Å². The van der Waals surface area contributed by atoms with Crippen LogP contribution in [-0.2, 0) is 4.79 Å². The molecule has 1 amide bonds. The number of halogens is 1. The molecule has 0 fully saturated rings. The van der Waals surface area contributed by atoms with Crippen LogP contribution in [0.2, 0.25) is 5.02 Å². The highest BCUT2D eigenvalue weighted by molar-refractivity contribution is 8.00. The van der Waals surface area contributed by atoms with E-state index in [0.29, 0.717) is 10.8 Å². The van der Waals surface area contributed by atoms with Crippen LogP contribution in [0.3, 0.4) is 0 Å². The van der Waals surface area contributed by atoms with Crippen LogP contribution in [0.1, 0.15) is 29.7 Å². The molecule has 22 heavy (non-hydrogen) atoms. The summed E-state index contributed by atoms with van der Waals surface area (Å²) in [5.41, 5.74) is 3.57. The van der Waals surface area contributed by atoms with Crippen LogP contribution in [0, 0.1) is 13.8 Å². The van der Waals surface area contributed by atoms with Gasteiger partial charge in [-0.25, -0.2) is 0 Å². The lowest BCUT2D eigenvalue weighted by atomic mass is 10.00. The first kappa shape index (κ1) is 16.9. The molecule has 2 rings (SSSR count). The van der Waals surface area contributed by atoms with E-state index in [1.165, 1.54) is 28.5 Å². The fourth-order valence-corrected chi connectivity index (χ4v) is 3.10. The second-order valence-corrected chi connectivity index (χ2v) is 6.88.